The Morgan fingerprint density at radius 1 is 0.392 bits per heavy atom. The molecule has 0 saturated carbocycles. The second-order valence-electron chi connectivity index (χ2n) is 12.8. The number of aromatic nitrogens is 1. The van der Waals surface area contributed by atoms with Gasteiger partial charge in [0.25, 0.3) is 0 Å². The highest BCUT2D eigenvalue weighted by molar-refractivity contribution is 7.27. The molecule has 10 rings (SSSR count). The molecule has 2 nitrogen and oxygen atoms in total. The normalized spacial score (nSPS) is 11.5. The van der Waals surface area contributed by atoms with E-state index in [1.54, 1.807) is 11.3 Å². The van der Waals surface area contributed by atoms with Crippen LogP contribution in [0.3, 0.4) is 0 Å². The molecule has 0 N–H and O–H groups in total. The van der Waals surface area contributed by atoms with E-state index in [0.717, 1.165) is 33.1 Å². The molecule has 0 bridgehead atoms. The first-order valence-corrected chi connectivity index (χ1v) is 18.8. The fourth-order valence-electron chi connectivity index (χ4n) is 7.18. The first-order chi connectivity index (χ1) is 25.3. The molecule has 10 aromatic rings. The van der Waals surface area contributed by atoms with Crippen LogP contribution in [0.4, 0.5) is 17.1 Å². The van der Waals surface area contributed by atoms with Gasteiger partial charge in [-0.05, 0) is 75.5 Å². The third-order valence-corrected chi connectivity index (χ3v) is 11.9. The van der Waals surface area contributed by atoms with E-state index < -0.39 is 0 Å². The highest BCUT2D eigenvalue weighted by atomic mass is 32.1. The van der Waals surface area contributed by atoms with Crippen LogP contribution >= 0.6 is 22.7 Å². The Morgan fingerprint density at radius 3 is 1.69 bits per heavy atom. The third kappa shape index (κ3) is 5.28. The summed E-state index contributed by atoms with van der Waals surface area (Å²) >= 11 is 3.62. The summed E-state index contributed by atoms with van der Waals surface area (Å²) in [7, 11) is 0. The molecule has 0 fully saturated rings. The third-order valence-electron chi connectivity index (χ3n) is 9.68. The molecule has 0 atom stereocenters. The summed E-state index contributed by atoms with van der Waals surface area (Å²) in [6.45, 7) is 0. The minimum absolute atomic E-state index is 1.01. The van der Waals surface area contributed by atoms with Crippen molar-refractivity contribution in [2.45, 2.75) is 0 Å². The minimum atomic E-state index is 1.01. The average Bonchev–Trinajstić information content (AvgIpc) is 3.80. The van der Waals surface area contributed by atoms with Crippen molar-refractivity contribution in [1.29, 1.82) is 0 Å². The van der Waals surface area contributed by atoms with Gasteiger partial charge in [-0.1, -0.05) is 140 Å². The van der Waals surface area contributed by atoms with Crippen molar-refractivity contribution in [2.24, 2.45) is 0 Å². The maximum Gasteiger partial charge on any atom is 0.124 e. The van der Waals surface area contributed by atoms with Gasteiger partial charge in [0.05, 0.1) is 10.4 Å². The smallest absolute Gasteiger partial charge is 0.124 e. The van der Waals surface area contributed by atoms with Gasteiger partial charge < -0.3 is 4.90 Å². The van der Waals surface area contributed by atoms with Crippen molar-refractivity contribution in [2.75, 3.05) is 4.90 Å². The predicted octanol–water partition coefficient (Wildman–Crippen LogP) is 14.3. The number of hydrogen-bond donors (Lipinski definition) is 0. The van der Waals surface area contributed by atoms with Gasteiger partial charge >= 0.3 is 0 Å². The monoisotopic (exact) mass is 686 g/mol. The molecule has 0 radical (unpaired) electrons. The van der Waals surface area contributed by atoms with E-state index in [-0.39, 0.29) is 0 Å². The summed E-state index contributed by atoms with van der Waals surface area (Å²) in [5.41, 5.74) is 10.2. The summed E-state index contributed by atoms with van der Waals surface area (Å²) in [4.78, 5) is 7.86. The van der Waals surface area contributed by atoms with Crippen LogP contribution in [0.5, 0.6) is 0 Å². The Hall–Kier alpha value is -6.07. The van der Waals surface area contributed by atoms with Crippen LogP contribution in [0.1, 0.15) is 0 Å². The molecule has 0 unspecified atom stereocenters. The van der Waals surface area contributed by atoms with Crippen LogP contribution in [0.15, 0.2) is 182 Å². The zero-order valence-corrected chi connectivity index (χ0v) is 29.2. The van der Waals surface area contributed by atoms with Gasteiger partial charge in [0.1, 0.15) is 10.5 Å². The number of fused-ring (bicyclic) bond motifs is 5. The van der Waals surface area contributed by atoms with E-state index in [0.29, 0.717) is 0 Å². The quantitative estimate of drug-likeness (QED) is 0.173. The number of anilines is 3. The first-order valence-electron chi connectivity index (χ1n) is 17.1. The molecule has 2 heterocycles. The number of nitrogens with zero attached hydrogens (tertiary/aromatic N) is 2. The maximum absolute atomic E-state index is 5.43. The number of rotatable bonds is 6. The van der Waals surface area contributed by atoms with Gasteiger partial charge in [0, 0.05) is 37.1 Å². The summed E-state index contributed by atoms with van der Waals surface area (Å²) in [6.07, 6.45) is 0. The number of thiazole rings is 1. The molecule has 0 aliphatic carbocycles. The number of thiophene rings is 1. The molecule has 0 spiro atoms. The first kappa shape index (κ1) is 29.8. The summed E-state index contributed by atoms with van der Waals surface area (Å²) in [5.74, 6) is 0. The molecule has 51 heavy (non-hydrogen) atoms. The van der Waals surface area contributed by atoms with Crippen molar-refractivity contribution in [1.82, 2.24) is 4.98 Å². The second kappa shape index (κ2) is 12.4. The summed E-state index contributed by atoms with van der Waals surface area (Å²) < 4.78 is 3.72. The second-order valence-corrected chi connectivity index (χ2v) is 14.9. The Kier molecular flexibility index (Phi) is 7.23. The lowest BCUT2D eigenvalue weighted by Gasteiger charge is -2.27. The fourth-order valence-corrected chi connectivity index (χ4v) is 9.42. The van der Waals surface area contributed by atoms with E-state index in [1.807, 2.05) is 11.3 Å². The zero-order valence-electron chi connectivity index (χ0n) is 27.5. The van der Waals surface area contributed by atoms with Gasteiger partial charge in [0.2, 0.25) is 0 Å². The van der Waals surface area contributed by atoms with Gasteiger partial charge in [-0.25, -0.2) is 4.98 Å². The Morgan fingerprint density at radius 2 is 0.961 bits per heavy atom. The number of hydrogen-bond acceptors (Lipinski definition) is 4. The molecule has 0 aliphatic rings. The Bertz CT molecular complexity index is 2840. The van der Waals surface area contributed by atoms with E-state index in [1.165, 1.54) is 57.9 Å². The van der Waals surface area contributed by atoms with E-state index in [2.05, 4.69) is 187 Å². The molecule has 2 aromatic heterocycles. The maximum atomic E-state index is 5.43. The van der Waals surface area contributed by atoms with Gasteiger partial charge in [-0.3, -0.25) is 0 Å². The van der Waals surface area contributed by atoms with Crippen molar-refractivity contribution in [3.63, 3.8) is 0 Å². The Labute approximate surface area is 304 Å². The van der Waals surface area contributed by atoms with E-state index >= 15 is 0 Å². The van der Waals surface area contributed by atoms with Crippen LogP contribution in [0.2, 0.25) is 0 Å². The van der Waals surface area contributed by atoms with E-state index in [4.69, 9.17) is 4.98 Å². The lowest BCUT2D eigenvalue weighted by atomic mass is 10.0. The molecular weight excluding hydrogens is 657 g/mol. The fraction of sp³-hybridized carbons (Fsp3) is 0. The standard InChI is InChI=1S/C47H30N2S2/c1-3-11-31(12-4-1)33-21-25-38(26-22-33)49(39-27-23-34(24-28-39)37-20-19-32-13-7-8-16-36(32)29-37)46-44-40-17-9-10-18-41(40)50-42(44)30-43-45(46)48-47(51-43)35-14-5-2-6-15-35/h1-30H. The predicted molar refractivity (Wildman–Crippen MR) is 221 cm³/mol. The van der Waals surface area contributed by atoms with Crippen molar-refractivity contribution < 1.29 is 0 Å². The van der Waals surface area contributed by atoms with E-state index in [9.17, 15) is 0 Å². The highest BCUT2D eigenvalue weighted by Crippen LogP contribution is 2.50. The van der Waals surface area contributed by atoms with Gasteiger partial charge in [0.15, 0.2) is 0 Å². The van der Waals surface area contributed by atoms with Crippen molar-refractivity contribution in [3.05, 3.63) is 182 Å². The Balaban J connectivity index is 1.21. The van der Waals surface area contributed by atoms with Crippen molar-refractivity contribution in [3.8, 4) is 32.8 Å². The minimum Gasteiger partial charge on any atom is -0.308 e. The van der Waals surface area contributed by atoms with Gasteiger partial charge in [-0.2, -0.15) is 0 Å². The van der Waals surface area contributed by atoms with Crippen LogP contribution in [-0.2, 0) is 0 Å². The zero-order chi connectivity index (χ0) is 33.7. The molecule has 8 aromatic carbocycles. The average molecular weight is 687 g/mol. The summed E-state index contributed by atoms with van der Waals surface area (Å²) in [6, 6.07) is 65.5. The van der Waals surface area contributed by atoms with Gasteiger partial charge in [-0.15, -0.1) is 22.7 Å². The lowest BCUT2D eigenvalue weighted by molar-refractivity contribution is 1.30. The van der Waals surface area contributed by atoms with Crippen molar-refractivity contribution >= 4 is 80.9 Å². The van der Waals surface area contributed by atoms with Crippen LogP contribution in [0.25, 0.3) is 74.0 Å². The van der Waals surface area contributed by atoms with Crippen LogP contribution in [0, 0.1) is 0 Å². The number of benzene rings is 8. The summed E-state index contributed by atoms with van der Waals surface area (Å²) in [5, 5.41) is 6.01. The molecular formula is C47H30N2S2. The largest absolute Gasteiger partial charge is 0.308 e. The molecule has 0 amide bonds. The highest BCUT2D eigenvalue weighted by Gasteiger charge is 2.24. The lowest BCUT2D eigenvalue weighted by Crippen LogP contribution is -2.11. The molecule has 4 heteroatoms. The van der Waals surface area contributed by atoms with Crippen LogP contribution in [-0.4, -0.2) is 4.98 Å². The molecule has 0 saturated heterocycles. The topological polar surface area (TPSA) is 16.1 Å². The SMILES string of the molecule is c1ccc(-c2ccc(N(c3ccc(-c4ccc5ccccc5c4)cc3)c3c4nc(-c5ccccc5)sc4cc4sc5ccccc5c34)cc2)cc1. The molecule has 240 valence electrons. The molecule has 0 aliphatic heterocycles. The van der Waals surface area contributed by atoms with Crippen LogP contribution < -0.4 is 4.90 Å².